The highest BCUT2D eigenvalue weighted by Crippen LogP contribution is 2.22. The summed E-state index contributed by atoms with van der Waals surface area (Å²) in [5.41, 5.74) is 1.07. The average molecular weight is 380 g/mol. The van der Waals surface area contributed by atoms with E-state index >= 15 is 0 Å². The fourth-order valence-electron chi connectivity index (χ4n) is 4.14. The first-order chi connectivity index (χ1) is 13.8. The van der Waals surface area contributed by atoms with Crippen LogP contribution in [-0.4, -0.2) is 48.1 Å². The molecule has 2 aromatic carbocycles. The molecule has 0 aliphatic carbocycles. The summed E-state index contributed by atoms with van der Waals surface area (Å²) in [6, 6.07) is 18.1. The minimum Gasteiger partial charge on any atom is -0.457 e. The first kappa shape index (κ1) is 18.8. The molecule has 0 radical (unpaired) electrons. The van der Waals surface area contributed by atoms with Crippen LogP contribution in [0.2, 0.25) is 0 Å². The number of amides is 2. The quantitative estimate of drug-likeness (QED) is 0.816. The van der Waals surface area contributed by atoms with Crippen molar-refractivity contribution in [3.8, 4) is 11.5 Å². The number of urea groups is 1. The number of hydrogen-bond acceptors (Lipinski definition) is 3. The van der Waals surface area contributed by atoms with Gasteiger partial charge in [-0.3, -0.25) is 0 Å². The fraction of sp³-hybridized carbons (Fsp3) is 0.435. The zero-order chi connectivity index (χ0) is 19.2. The van der Waals surface area contributed by atoms with Crippen molar-refractivity contribution in [3.05, 3.63) is 60.2 Å². The highest BCUT2D eigenvalue weighted by molar-refractivity contribution is 5.74. The van der Waals surface area contributed by atoms with E-state index in [4.69, 9.17) is 4.74 Å². The van der Waals surface area contributed by atoms with Crippen molar-refractivity contribution in [1.29, 1.82) is 0 Å². The second-order valence-electron chi connectivity index (χ2n) is 7.71. The summed E-state index contributed by atoms with van der Waals surface area (Å²) >= 11 is 0. The predicted octanol–water partition coefficient (Wildman–Crippen LogP) is 4.25. The van der Waals surface area contributed by atoms with Gasteiger partial charge in [-0.05, 0) is 68.6 Å². The van der Waals surface area contributed by atoms with E-state index < -0.39 is 0 Å². The number of hydrogen-bond donors (Lipinski definition) is 1. The normalized spacial score (nSPS) is 19.7. The number of para-hydroxylation sites is 1. The monoisotopic (exact) mass is 379 g/mol. The summed E-state index contributed by atoms with van der Waals surface area (Å²) in [7, 11) is 0. The van der Waals surface area contributed by atoms with Crippen LogP contribution in [0.5, 0.6) is 11.5 Å². The Morgan fingerprint density at radius 1 is 0.929 bits per heavy atom. The molecular formula is C23H29N3O2. The van der Waals surface area contributed by atoms with Crippen LogP contribution in [0.25, 0.3) is 0 Å². The van der Waals surface area contributed by atoms with Gasteiger partial charge in [0.2, 0.25) is 0 Å². The maximum absolute atomic E-state index is 12.7. The second kappa shape index (κ2) is 9.11. The van der Waals surface area contributed by atoms with Crippen LogP contribution >= 0.6 is 0 Å². The Labute approximate surface area is 167 Å². The Hall–Kier alpha value is -2.53. The Kier molecular flexibility index (Phi) is 6.12. The molecule has 1 N–H and O–H groups in total. The summed E-state index contributed by atoms with van der Waals surface area (Å²) in [6.45, 7) is 4.80. The van der Waals surface area contributed by atoms with Crippen LogP contribution in [0.15, 0.2) is 54.6 Å². The lowest BCUT2D eigenvalue weighted by molar-refractivity contribution is 0.174. The van der Waals surface area contributed by atoms with E-state index in [1.165, 1.54) is 25.9 Å². The van der Waals surface area contributed by atoms with Gasteiger partial charge in [0, 0.05) is 25.7 Å². The summed E-state index contributed by atoms with van der Waals surface area (Å²) in [5.74, 6) is 1.62. The summed E-state index contributed by atoms with van der Waals surface area (Å²) in [5, 5.41) is 3.09. The standard InChI is InChI=1S/C23H29N3O2/c27-23(26-16-6-7-20(26)18-25-14-4-5-15-25)24-17-19-10-12-22(13-11-19)28-21-8-2-1-3-9-21/h1-3,8-13,20H,4-7,14-18H2,(H,24,27)/t20-/m0/s1. The van der Waals surface area contributed by atoms with Crippen LogP contribution in [0.3, 0.4) is 0 Å². The van der Waals surface area contributed by atoms with Gasteiger partial charge in [-0.15, -0.1) is 0 Å². The molecule has 28 heavy (non-hydrogen) atoms. The predicted molar refractivity (Wildman–Crippen MR) is 111 cm³/mol. The molecule has 2 aliphatic rings. The lowest BCUT2D eigenvalue weighted by Gasteiger charge is -2.28. The van der Waals surface area contributed by atoms with Crippen molar-refractivity contribution in [1.82, 2.24) is 15.1 Å². The van der Waals surface area contributed by atoms with Crippen LogP contribution in [0.1, 0.15) is 31.2 Å². The van der Waals surface area contributed by atoms with Gasteiger partial charge in [-0.2, -0.15) is 0 Å². The molecule has 0 saturated carbocycles. The maximum Gasteiger partial charge on any atom is 0.317 e. The number of carbonyl (C=O) groups is 1. The molecule has 2 heterocycles. The molecule has 148 valence electrons. The van der Waals surface area contributed by atoms with Crippen molar-refractivity contribution in [2.45, 2.75) is 38.3 Å². The lowest BCUT2D eigenvalue weighted by atomic mass is 10.2. The maximum atomic E-state index is 12.7. The van der Waals surface area contributed by atoms with Crippen LogP contribution < -0.4 is 10.1 Å². The molecule has 2 aliphatic heterocycles. The van der Waals surface area contributed by atoms with E-state index in [0.717, 1.165) is 43.0 Å². The summed E-state index contributed by atoms with van der Waals surface area (Å²) in [6.07, 6.45) is 4.82. The van der Waals surface area contributed by atoms with E-state index in [0.29, 0.717) is 12.6 Å². The van der Waals surface area contributed by atoms with Gasteiger partial charge in [0.15, 0.2) is 0 Å². The minimum atomic E-state index is 0.0614. The molecular weight excluding hydrogens is 350 g/mol. The molecule has 2 fully saturated rings. The molecule has 5 heteroatoms. The van der Waals surface area contributed by atoms with Crippen molar-refractivity contribution in [2.24, 2.45) is 0 Å². The first-order valence-electron chi connectivity index (χ1n) is 10.4. The molecule has 5 nitrogen and oxygen atoms in total. The van der Waals surface area contributed by atoms with Gasteiger partial charge >= 0.3 is 6.03 Å². The Balaban J connectivity index is 1.27. The smallest absolute Gasteiger partial charge is 0.317 e. The minimum absolute atomic E-state index is 0.0614. The molecule has 2 aromatic rings. The molecule has 0 aromatic heterocycles. The van der Waals surface area contributed by atoms with Gasteiger partial charge in [0.25, 0.3) is 0 Å². The Morgan fingerprint density at radius 3 is 2.39 bits per heavy atom. The van der Waals surface area contributed by atoms with Crippen molar-refractivity contribution in [3.63, 3.8) is 0 Å². The van der Waals surface area contributed by atoms with E-state index in [1.807, 2.05) is 59.5 Å². The van der Waals surface area contributed by atoms with Gasteiger partial charge in [0.05, 0.1) is 0 Å². The van der Waals surface area contributed by atoms with Crippen molar-refractivity contribution in [2.75, 3.05) is 26.2 Å². The molecule has 0 spiro atoms. The fourth-order valence-corrected chi connectivity index (χ4v) is 4.14. The second-order valence-corrected chi connectivity index (χ2v) is 7.71. The van der Waals surface area contributed by atoms with E-state index in [1.54, 1.807) is 0 Å². The van der Waals surface area contributed by atoms with Crippen molar-refractivity contribution < 1.29 is 9.53 Å². The highest BCUT2D eigenvalue weighted by Gasteiger charge is 2.30. The zero-order valence-corrected chi connectivity index (χ0v) is 16.3. The number of nitrogens with one attached hydrogen (secondary N) is 1. The summed E-state index contributed by atoms with van der Waals surface area (Å²) < 4.78 is 5.82. The molecule has 0 unspecified atom stereocenters. The number of likely N-dealkylation sites (tertiary alicyclic amines) is 2. The molecule has 2 saturated heterocycles. The molecule has 0 bridgehead atoms. The number of benzene rings is 2. The van der Waals surface area contributed by atoms with E-state index in [2.05, 4.69) is 10.2 Å². The van der Waals surface area contributed by atoms with Gasteiger partial charge < -0.3 is 19.9 Å². The Morgan fingerprint density at radius 2 is 1.64 bits per heavy atom. The molecule has 2 amide bonds. The number of rotatable bonds is 6. The third kappa shape index (κ3) is 4.84. The average Bonchev–Trinajstić information content (AvgIpc) is 3.41. The molecule has 4 rings (SSSR count). The molecule has 1 atom stereocenters. The van der Waals surface area contributed by atoms with E-state index in [9.17, 15) is 4.79 Å². The van der Waals surface area contributed by atoms with Crippen molar-refractivity contribution >= 4 is 6.03 Å². The van der Waals surface area contributed by atoms with Crippen LogP contribution in [0, 0.1) is 0 Å². The first-order valence-corrected chi connectivity index (χ1v) is 10.4. The lowest BCUT2D eigenvalue weighted by Crippen LogP contribution is -2.46. The number of carbonyl (C=O) groups excluding carboxylic acids is 1. The summed E-state index contributed by atoms with van der Waals surface area (Å²) in [4.78, 5) is 17.2. The van der Waals surface area contributed by atoms with Gasteiger partial charge in [0.1, 0.15) is 11.5 Å². The van der Waals surface area contributed by atoms with Gasteiger partial charge in [-0.1, -0.05) is 30.3 Å². The van der Waals surface area contributed by atoms with Crippen LogP contribution in [0.4, 0.5) is 4.79 Å². The third-order valence-electron chi connectivity index (χ3n) is 5.65. The Bertz CT molecular complexity index is 757. The topological polar surface area (TPSA) is 44.8 Å². The third-order valence-corrected chi connectivity index (χ3v) is 5.65. The highest BCUT2D eigenvalue weighted by atomic mass is 16.5. The van der Waals surface area contributed by atoms with Gasteiger partial charge in [-0.25, -0.2) is 4.79 Å². The van der Waals surface area contributed by atoms with Crippen LogP contribution in [-0.2, 0) is 6.54 Å². The van der Waals surface area contributed by atoms with E-state index in [-0.39, 0.29) is 6.03 Å². The zero-order valence-electron chi connectivity index (χ0n) is 16.3. The largest absolute Gasteiger partial charge is 0.457 e. The number of ether oxygens (including phenoxy) is 1. The number of nitrogens with zero attached hydrogens (tertiary/aromatic N) is 2. The SMILES string of the molecule is O=C(NCc1ccc(Oc2ccccc2)cc1)N1CCC[C@H]1CN1CCCC1.